The molecule has 3 aromatic carbocycles. The van der Waals surface area contributed by atoms with Crippen molar-refractivity contribution in [2.45, 2.75) is 52.9 Å². The molecule has 0 unspecified atom stereocenters. The molecule has 0 aromatic heterocycles. The smallest absolute Gasteiger partial charge is 0.244 e. The van der Waals surface area contributed by atoms with Crippen LogP contribution in [0, 0.1) is 6.92 Å². The summed E-state index contributed by atoms with van der Waals surface area (Å²) in [7, 11) is -3.81. The predicted octanol–water partition coefficient (Wildman–Crippen LogP) is 4.28. The van der Waals surface area contributed by atoms with Crippen molar-refractivity contribution in [3.05, 3.63) is 95.6 Å². The minimum atomic E-state index is -3.81. The van der Waals surface area contributed by atoms with E-state index in [1.54, 1.807) is 31.2 Å². The molecule has 2 amide bonds. The second-order valence-electron chi connectivity index (χ2n) is 9.88. The van der Waals surface area contributed by atoms with Crippen LogP contribution in [-0.4, -0.2) is 50.0 Å². The first-order valence-corrected chi connectivity index (χ1v) is 14.7. The Bertz CT molecular complexity index is 1340. The normalized spacial score (nSPS) is 12.1. The van der Waals surface area contributed by atoms with Crippen molar-refractivity contribution in [1.82, 2.24) is 10.2 Å². The fourth-order valence-electron chi connectivity index (χ4n) is 3.94. The van der Waals surface area contributed by atoms with Crippen LogP contribution in [0.3, 0.4) is 0 Å². The van der Waals surface area contributed by atoms with E-state index < -0.39 is 28.5 Å². The van der Waals surface area contributed by atoms with Gasteiger partial charge in [0.25, 0.3) is 0 Å². The number of anilines is 1. The van der Waals surface area contributed by atoms with Gasteiger partial charge in [0, 0.05) is 12.6 Å². The van der Waals surface area contributed by atoms with Crippen LogP contribution in [-0.2, 0) is 32.8 Å². The molecule has 3 rings (SSSR count). The largest absolute Gasteiger partial charge is 0.489 e. The highest BCUT2D eigenvalue weighted by atomic mass is 32.2. The van der Waals surface area contributed by atoms with Crippen LogP contribution in [0.15, 0.2) is 78.9 Å². The lowest BCUT2D eigenvalue weighted by molar-refractivity contribution is -0.139. The van der Waals surface area contributed by atoms with Crippen LogP contribution in [0.4, 0.5) is 5.69 Å². The molecule has 0 aliphatic carbocycles. The van der Waals surface area contributed by atoms with Gasteiger partial charge in [0.15, 0.2) is 0 Å². The molecule has 9 heteroatoms. The van der Waals surface area contributed by atoms with E-state index in [4.69, 9.17) is 4.74 Å². The summed E-state index contributed by atoms with van der Waals surface area (Å²) in [5, 5.41) is 2.84. The Labute approximate surface area is 231 Å². The second-order valence-corrected chi connectivity index (χ2v) is 11.8. The third-order valence-electron chi connectivity index (χ3n) is 6.12. The van der Waals surface area contributed by atoms with Crippen molar-refractivity contribution >= 4 is 27.5 Å². The zero-order valence-corrected chi connectivity index (χ0v) is 23.9. The van der Waals surface area contributed by atoms with E-state index in [1.807, 2.05) is 75.4 Å². The summed E-state index contributed by atoms with van der Waals surface area (Å²) in [5.41, 5.74) is 3.24. The zero-order valence-electron chi connectivity index (χ0n) is 23.1. The van der Waals surface area contributed by atoms with Crippen LogP contribution < -0.4 is 14.4 Å². The number of benzene rings is 3. The topological polar surface area (TPSA) is 96.0 Å². The molecule has 39 heavy (non-hydrogen) atoms. The maximum atomic E-state index is 13.6. The van der Waals surface area contributed by atoms with Crippen molar-refractivity contribution < 1.29 is 22.7 Å². The molecule has 0 bridgehead atoms. The lowest BCUT2D eigenvalue weighted by Gasteiger charge is -2.32. The summed E-state index contributed by atoms with van der Waals surface area (Å²) in [5.74, 6) is -0.226. The maximum absolute atomic E-state index is 13.6. The monoisotopic (exact) mass is 551 g/mol. The summed E-state index contributed by atoms with van der Waals surface area (Å²) in [4.78, 5) is 27.9. The van der Waals surface area contributed by atoms with Gasteiger partial charge in [-0.3, -0.25) is 13.9 Å². The quantitative estimate of drug-likeness (QED) is 0.363. The molecule has 8 nitrogen and oxygen atoms in total. The fourth-order valence-corrected chi connectivity index (χ4v) is 4.79. The number of carbonyl (C=O) groups excluding carboxylic acids is 2. The molecule has 0 spiro atoms. The molecule has 0 saturated heterocycles. The number of ether oxygens (including phenoxy) is 1. The highest BCUT2D eigenvalue weighted by Crippen LogP contribution is 2.23. The number of nitrogens with one attached hydrogen (secondary N) is 1. The number of hydrogen-bond donors (Lipinski definition) is 1. The molecule has 3 aromatic rings. The number of rotatable bonds is 12. The summed E-state index contributed by atoms with van der Waals surface area (Å²) >= 11 is 0. The van der Waals surface area contributed by atoms with Crippen LogP contribution in [0.2, 0.25) is 0 Å². The molecule has 0 heterocycles. The Balaban J connectivity index is 1.81. The molecule has 208 valence electrons. The Hall–Kier alpha value is -3.85. The van der Waals surface area contributed by atoms with Gasteiger partial charge in [-0.15, -0.1) is 0 Å². The third-order valence-corrected chi connectivity index (χ3v) is 7.26. The Morgan fingerprint density at radius 2 is 1.49 bits per heavy atom. The van der Waals surface area contributed by atoms with Gasteiger partial charge < -0.3 is 15.0 Å². The van der Waals surface area contributed by atoms with Crippen LogP contribution in [0.25, 0.3) is 0 Å². The third kappa shape index (κ3) is 8.85. The average Bonchev–Trinajstić information content (AvgIpc) is 2.89. The van der Waals surface area contributed by atoms with Gasteiger partial charge in [0.1, 0.15) is 24.9 Å². The van der Waals surface area contributed by atoms with Crippen molar-refractivity contribution in [2.75, 3.05) is 17.1 Å². The van der Waals surface area contributed by atoms with Crippen LogP contribution in [0.1, 0.15) is 37.5 Å². The summed E-state index contributed by atoms with van der Waals surface area (Å²) in [6, 6.07) is 23.0. The minimum Gasteiger partial charge on any atom is -0.489 e. The molecule has 0 radical (unpaired) electrons. The highest BCUT2D eigenvalue weighted by Gasteiger charge is 2.30. The molecule has 0 fully saturated rings. The summed E-state index contributed by atoms with van der Waals surface area (Å²) in [6.07, 6.45) is 1.05. The first kappa shape index (κ1) is 29.7. The SMILES string of the molecule is Cc1ccc(CN(C(=O)CN(c2ccc(OCc3ccccc3)cc2)S(C)(=O)=O)[C@@H](C)C(=O)NC(C)C)cc1. The number of nitrogens with zero attached hydrogens (tertiary/aromatic N) is 2. The molecule has 1 atom stereocenters. The standard InChI is InChI=1S/C30H37N3O5S/c1-22(2)31-30(35)24(4)32(19-25-13-11-23(3)12-14-25)29(34)20-33(39(5,36)37)27-15-17-28(18-16-27)38-21-26-9-7-6-8-10-26/h6-18,22,24H,19-21H2,1-5H3,(H,31,35)/t24-/m0/s1. The van der Waals surface area contributed by atoms with E-state index in [9.17, 15) is 18.0 Å². The number of carbonyl (C=O) groups is 2. The van der Waals surface area contributed by atoms with Gasteiger partial charge in [0.2, 0.25) is 21.8 Å². The molecule has 0 aliphatic heterocycles. The van der Waals surface area contributed by atoms with Gasteiger partial charge in [0.05, 0.1) is 11.9 Å². The molecular weight excluding hydrogens is 514 g/mol. The van der Waals surface area contributed by atoms with Gasteiger partial charge in [-0.1, -0.05) is 60.2 Å². The second kappa shape index (κ2) is 13.3. The van der Waals surface area contributed by atoms with Crippen molar-refractivity contribution in [3.8, 4) is 5.75 Å². The van der Waals surface area contributed by atoms with Gasteiger partial charge in [-0.25, -0.2) is 8.42 Å². The van der Waals surface area contributed by atoms with E-state index in [2.05, 4.69) is 5.32 Å². The van der Waals surface area contributed by atoms with E-state index in [0.29, 0.717) is 18.0 Å². The molecular formula is C30H37N3O5S. The van der Waals surface area contributed by atoms with Crippen LogP contribution >= 0.6 is 0 Å². The average molecular weight is 552 g/mol. The van der Waals surface area contributed by atoms with Gasteiger partial charge in [-0.2, -0.15) is 0 Å². The minimum absolute atomic E-state index is 0.105. The summed E-state index contributed by atoms with van der Waals surface area (Å²) in [6.45, 7) is 7.38. The first-order chi connectivity index (χ1) is 18.4. The van der Waals surface area contributed by atoms with E-state index in [1.165, 1.54) is 4.90 Å². The van der Waals surface area contributed by atoms with E-state index >= 15 is 0 Å². The van der Waals surface area contributed by atoms with E-state index in [-0.39, 0.29) is 18.5 Å². The number of amides is 2. The van der Waals surface area contributed by atoms with E-state index in [0.717, 1.165) is 27.3 Å². The maximum Gasteiger partial charge on any atom is 0.244 e. The molecule has 1 N–H and O–H groups in total. The number of sulfonamides is 1. The van der Waals surface area contributed by atoms with Crippen molar-refractivity contribution in [3.63, 3.8) is 0 Å². The highest BCUT2D eigenvalue weighted by molar-refractivity contribution is 7.92. The van der Waals surface area contributed by atoms with Crippen molar-refractivity contribution in [1.29, 1.82) is 0 Å². The predicted molar refractivity (Wildman–Crippen MR) is 154 cm³/mol. The lowest BCUT2D eigenvalue weighted by Crippen LogP contribution is -2.52. The van der Waals surface area contributed by atoms with Gasteiger partial charge in [-0.05, 0) is 63.1 Å². The van der Waals surface area contributed by atoms with Crippen LogP contribution in [0.5, 0.6) is 5.75 Å². The number of aryl methyl sites for hydroxylation is 1. The fraction of sp³-hybridized carbons (Fsp3) is 0.333. The van der Waals surface area contributed by atoms with Gasteiger partial charge >= 0.3 is 0 Å². The number of hydrogen-bond acceptors (Lipinski definition) is 5. The Morgan fingerprint density at radius 3 is 2.05 bits per heavy atom. The van der Waals surface area contributed by atoms with Crippen molar-refractivity contribution in [2.24, 2.45) is 0 Å². The zero-order chi connectivity index (χ0) is 28.6. The lowest BCUT2D eigenvalue weighted by atomic mass is 10.1. The Morgan fingerprint density at radius 1 is 0.872 bits per heavy atom. The molecule has 0 aliphatic rings. The first-order valence-electron chi connectivity index (χ1n) is 12.8. The molecule has 0 saturated carbocycles. The Kier molecular flexibility index (Phi) is 10.1. The summed E-state index contributed by atoms with van der Waals surface area (Å²) < 4.78 is 32.4.